The normalized spacial score (nSPS) is 11.4. The molecule has 0 unspecified atom stereocenters. The molecule has 0 spiro atoms. The molecule has 0 aliphatic heterocycles. The van der Waals surface area contributed by atoms with E-state index >= 15 is 0 Å². The molecule has 0 bridgehead atoms. The number of aromatic nitrogens is 1. The van der Waals surface area contributed by atoms with Crippen molar-refractivity contribution >= 4 is 11.8 Å². The second-order valence-corrected chi connectivity index (χ2v) is 4.66. The van der Waals surface area contributed by atoms with Crippen molar-refractivity contribution in [3.63, 3.8) is 0 Å². The quantitative estimate of drug-likeness (QED) is 0.800. The van der Waals surface area contributed by atoms with Crippen LogP contribution in [0.1, 0.15) is 26.7 Å². The fourth-order valence-electron chi connectivity index (χ4n) is 1.46. The number of carboxylic acid groups (broad SMARTS) is 1. The molecule has 7 heteroatoms. The fraction of sp³-hybridized carbons (Fsp3) is 0.500. The zero-order valence-corrected chi connectivity index (χ0v) is 10.7. The SMILES string of the molecule is CC(C)(CCC(=O)O)Nc1ccc(OC(F)F)cn1. The Balaban J connectivity index is 2.58. The van der Waals surface area contributed by atoms with Crippen LogP contribution in [0.15, 0.2) is 18.3 Å². The highest BCUT2D eigenvalue weighted by Gasteiger charge is 2.19. The van der Waals surface area contributed by atoms with Crippen LogP contribution < -0.4 is 10.1 Å². The number of nitrogens with zero attached hydrogens (tertiary/aromatic N) is 1. The maximum Gasteiger partial charge on any atom is 0.387 e. The van der Waals surface area contributed by atoms with Crippen LogP contribution in [0.3, 0.4) is 0 Å². The zero-order valence-electron chi connectivity index (χ0n) is 10.7. The summed E-state index contributed by atoms with van der Waals surface area (Å²) in [5.74, 6) is -0.426. The lowest BCUT2D eigenvalue weighted by molar-refractivity contribution is -0.137. The van der Waals surface area contributed by atoms with E-state index in [4.69, 9.17) is 5.11 Å². The van der Waals surface area contributed by atoms with Crippen molar-refractivity contribution in [3.05, 3.63) is 18.3 Å². The van der Waals surface area contributed by atoms with Crippen molar-refractivity contribution in [1.29, 1.82) is 0 Å². The number of aliphatic carboxylic acids is 1. The van der Waals surface area contributed by atoms with Crippen LogP contribution in [0.25, 0.3) is 0 Å². The minimum Gasteiger partial charge on any atom is -0.481 e. The number of pyridine rings is 1. The molecule has 0 fully saturated rings. The van der Waals surface area contributed by atoms with Gasteiger partial charge in [-0.2, -0.15) is 8.78 Å². The molecule has 0 saturated carbocycles. The Morgan fingerprint density at radius 1 is 1.53 bits per heavy atom. The Hall–Kier alpha value is -1.92. The van der Waals surface area contributed by atoms with Crippen LogP contribution in [0.5, 0.6) is 5.75 Å². The van der Waals surface area contributed by atoms with Crippen LogP contribution in [0.2, 0.25) is 0 Å². The maximum absolute atomic E-state index is 11.9. The third kappa shape index (κ3) is 5.98. The molecule has 106 valence electrons. The number of alkyl halides is 2. The first-order valence-corrected chi connectivity index (χ1v) is 5.69. The minimum absolute atomic E-state index is 0.0242. The Bertz CT molecular complexity index is 421. The van der Waals surface area contributed by atoms with E-state index in [2.05, 4.69) is 15.0 Å². The Morgan fingerprint density at radius 3 is 2.68 bits per heavy atom. The van der Waals surface area contributed by atoms with Gasteiger partial charge in [0.15, 0.2) is 0 Å². The summed E-state index contributed by atoms with van der Waals surface area (Å²) in [6.45, 7) is 0.787. The molecule has 1 rings (SSSR count). The average molecular weight is 274 g/mol. The van der Waals surface area contributed by atoms with Gasteiger partial charge < -0.3 is 15.2 Å². The van der Waals surface area contributed by atoms with Gasteiger partial charge >= 0.3 is 12.6 Å². The van der Waals surface area contributed by atoms with Crippen molar-refractivity contribution in [3.8, 4) is 5.75 Å². The molecule has 0 amide bonds. The summed E-state index contributed by atoms with van der Waals surface area (Å²) >= 11 is 0. The number of halogens is 2. The number of hydrogen-bond acceptors (Lipinski definition) is 4. The van der Waals surface area contributed by atoms with Crippen molar-refractivity contribution in [2.75, 3.05) is 5.32 Å². The summed E-state index contributed by atoms with van der Waals surface area (Å²) in [5, 5.41) is 11.7. The molecule has 0 aliphatic rings. The van der Waals surface area contributed by atoms with Crippen LogP contribution in [-0.2, 0) is 4.79 Å². The predicted molar refractivity (Wildman–Crippen MR) is 65.4 cm³/mol. The van der Waals surface area contributed by atoms with Gasteiger partial charge in [-0.05, 0) is 32.4 Å². The molecule has 0 aliphatic carbocycles. The molecule has 1 aromatic rings. The van der Waals surface area contributed by atoms with Crippen LogP contribution in [-0.4, -0.2) is 28.2 Å². The molecule has 1 heterocycles. The highest BCUT2D eigenvalue weighted by atomic mass is 19.3. The zero-order chi connectivity index (χ0) is 14.5. The van der Waals surface area contributed by atoms with Gasteiger partial charge in [0.05, 0.1) is 6.20 Å². The van der Waals surface area contributed by atoms with E-state index in [0.717, 1.165) is 0 Å². The van der Waals surface area contributed by atoms with Crippen LogP contribution in [0, 0.1) is 0 Å². The standard InChI is InChI=1S/C12H16F2N2O3/c1-12(2,6-5-10(17)18)16-9-4-3-8(7-15-9)19-11(13)14/h3-4,7,11H,5-6H2,1-2H3,(H,15,16)(H,17,18). The largest absolute Gasteiger partial charge is 0.481 e. The summed E-state index contributed by atoms with van der Waals surface area (Å²) < 4.78 is 28.1. The molecule has 2 N–H and O–H groups in total. The lowest BCUT2D eigenvalue weighted by Gasteiger charge is -2.26. The highest BCUT2D eigenvalue weighted by Crippen LogP contribution is 2.20. The number of carbonyl (C=O) groups is 1. The van der Waals surface area contributed by atoms with E-state index in [1.54, 1.807) is 0 Å². The first kappa shape index (κ1) is 15.1. The number of ether oxygens (including phenoxy) is 1. The van der Waals surface area contributed by atoms with Gasteiger partial charge in [-0.15, -0.1) is 0 Å². The molecular formula is C12H16F2N2O3. The van der Waals surface area contributed by atoms with Crippen molar-refractivity contribution in [2.24, 2.45) is 0 Å². The molecule has 0 radical (unpaired) electrons. The molecule has 5 nitrogen and oxygen atoms in total. The molecule has 0 saturated heterocycles. The molecule has 0 atom stereocenters. The summed E-state index contributed by atoms with van der Waals surface area (Å²) in [7, 11) is 0. The number of anilines is 1. The van der Waals surface area contributed by atoms with Crippen molar-refractivity contribution < 1.29 is 23.4 Å². The Labute approximate surface area is 109 Å². The highest BCUT2D eigenvalue weighted by molar-refractivity contribution is 5.66. The lowest BCUT2D eigenvalue weighted by Crippen LogP contribution is -2.31. The molecule has 19 heavy (non-hydrogen) atoms. The van der Waals surface area contributed by atoms with Crippen molar-refractivity contribution in [1.82, 2.24) is 4.98 Å². The third-order valence-electron chi connectivity index (χ3n) is 2.39. The summed E-state index contributed by atoms with van der Waals surface area (Å²) in [6, 6.07) is 2.87. The number of hydrogen-bond donors (Lipinski definition) is 2. The molecular weight excluding hydrogens is 258 g/mol. The first-order chi connectivity index (χ1) is 8.78. The first-order valence-electron chi connectivity index (χ1n) is 5.69. The monoisotopic (exact) mass is 274 g/mol. The number of nitrogens with one attached hydrogen (secondary N) is 1. The van der Waals surface area contributed by atoms with E-state index in [1.807, 2.05) is 13.8 Å². The Kier molecular flexibility index (Phi) is 5.02. The van der Waals surface area contributed by atoms with Crippen LogP contribution in [0.4, 0.5) is 14.6 Å². The van der Waals surface area contributed by atoms with E-state index in [9.17, 15) is 13.6 Å². The minimum atomic E-state index is -2.88. The van der Waals surface area contributed by atoms with E-state index in [-0.39, 0.29) is 12.2 Å². The van der Waals surface area contributed by atoms with E-state index < -0.39 is 18.1 Å². The second-order valence-electron chi connectivity index (χ2n) is 4.66. The Morgan fingerprint density at radius 2 is 2.21 bits per heavy atom. The third-order valence-corrected chi connectivity index (χ3v) is 2.39. The van der Waals surface area contributed by atoms with Gasteiger partial charge in [-0.25, -0.2) is 4.98 Å². The molecule has 0 aromatic carbocycles. The van der Waals surface area contributed by atoms with E-state index in [0.29, 0.717) is 12.2 Å². The fourth-order valence-corrected chi connectivity index (χ4v) is 1.46. The summed E-state index contributed by atoms with van der Waals surface area (Å²) in [5.41, 5.74) is -0.462. The van der Waals surface area contributed by atoms with Gasteiger partial charge in [0, 0.05) is 12.0 Å². The predicted octanol–water partition coefficient (Wildman–Crippen LogP) is 2.74. The topological polar surface area (TPSA) is 71.5 Å². The molecule has 1 aromatic heterocycles. The van der Waals surface area contributed by atoms with Crippen LogP contribution >= 0.6 is 0 Å². The van der Waals surface area contributed by atoms with Gasteiger partial charge in [-0.3, -0.25) is 4.79 Å². The summed E-state index contributed by atoms with van der Waals surface area (Å²) in [6.07, 6.45) is 1.63. The maximum atomic E-state index is 11.9. The van der Waals surface area contributed by atoms with Gasteiger partial charge in [0.2, 0.25) is 0 Å². The van der Waals surface area contributed by atoms with Gasteiger partial charge in [0.25, 0.3) is 0 Å². The van der Waals surface area contributed by atoms with Gasteiger partial charge in [0.1, 0.15) is 11.6 Å². The lowest BCUT2D eigenvalue weighted by atomic mass is 9.98. The number of carboxylic acids is 1. The second kappa shape index (κ2) is 6.31. The van der Waals surface area contributed by atoms with E-state index in [1.165, 1.54) is 18.3 Å². The average Bonchev–Trinajstić information content (AvgIpc) is 2.28. The smallest absolute Gasteiger partial charge is 0.387 e. The van der Waals surface area contributed by atoms with Crippen molar-refractivity contribution in [2.45, 2.75) is 38.8 Å². The van der Waals surface area contributed by atoms with Gasteiger partial charge in [-0.1, -0.05) is 0 Å². The summed E-state index contributed by atoms with van der Waals surface area (Å²) in [4.78, 5) is 14.4. The number of rotatable bonds is 7.